The summed E-state index contributed by atoms with van der Waals surface area (Å²) in [5.41, 5.74) is 2.90. The van der Waals surface area contributed by atoms with Crippen LogP contribution in [0.1, 0.15) is 105 Å². The lowest BCUT2D eigenvalue weighted by atomic mass is 9.68. The number of esters is 1. The number of hydrogen-bond acceptors (Lipinski definition) is 10. The fraction of sp³-hybridized carbons (Fsp3) is 0.577. The zero-order chi connectivity index (χ0) is 49.2. The molecule has 2 aromatic rings. The predicted octanol–water partition coefficient (Wildman–Crippen LogP) is 9.05. The number of aliphatic hydroxyl groups is 1. The first-order valence-electron chi connectivity index (χ1n) is 23.5. The highest BCUT2D eigenvalue weighted by molar-refractivity contribution is 5.87. The minimum Gasteiger partial charge on any atom is -0.478 e. The Hall–Kier alpha value is -4.08. The van der Waals surface area contributed by atoms with E-state index >= 15 is 0 Å². The number of benzene rings is 2. The molecule has 2 N–H and O–H groups in total. The topological polar surface area (TPSA) is 152 Å². The molecular weight excluding hydrogens is 839 g/mol. The number of epoxide rings is 4. The van der Waals surface area contributed by atoms with E-state index in [0.717, 1.165) is 44.8 Å². The molecular formula is C52H68F2O11. The fourth-order valence-corrected chi connectivity index (χ4v) is 9.86. The van der Waals surface area contributed by atoms with E-state index in [4.69, 9.17) is 41.0 Å². The Balaban J connectivity index is 0.000000184. The molecule has 4 saturated heterocycles. The first-order valence-corrected chi connectivity index (χ1v) is 22.5. The van der Waals surface area contributed by atoms with Crippen LogP contribution in [0.4, 0.5) is 8.78 Å². The highest BCUT2D eigenvalue weighted by Crippen LogP contribution is 2.61. The summed E-state index contributed by atoms with van der Waals surface area (Å²) in [6.45, 7) is 17.1. The summed E-state index contributed by atoms with van der Waals surface area (Å²) in [5, 5.41) is 18.6. The van der Waals surface area contributed by atoms with E-state index in [1.807, 2.05) is 0 Å². The number of methoxy groups -OCH3 is 2. The SMILES string of the molecule is CO[C@@H]1[C@H](O)CC[C@]2(CO2)[C@H]1[C@@]1(C)O[C@@H]1CC=C(C)C.[2H]c1cc(/C=C/C(=O)O)cc(F)c1C.[2H]c1cc(/C=C/C(=O)O[C@@H]2CC[C@]3(CO3)[C@@H]([C@@]3(C)O[C@@H]3CC=C(C)C)[C@@H]2OC)cc(F)c1C. The van der Waals surface area contributed by atoms with Crippen molar-refractivity contribution in [1.82, 2.24) is 0 Å². The van der Waals surface area contributed by atoms with Crippen LogP contribution in [0.25, 0.3) is 12.2 Å². The first-order chi connectivity index (χ1) is 31.5. The second-order valence-electron chi connectivity index (χ2n) is 19.1. The van der Waals surface area contributed by atoms with E-state index in [9.17, 15) is 23.5 Å². The molecule has 6 aliphatic rings. The average Bonchev–Trinajstić information content (AvgIpc) is 4.15. The molecule has 0 bridgehead atoms. The van der Waals surface area contributed by atoms with E-state index in [1.54, 1.807) is 21.1 Å². The Morgan fingerprint density at radius 1 is 0.785 bits per heavy atom. The van der Waals surface area contributed by atoms with E-state index in [-0.39, 0.29) is 76.3 Å². The first kappa shape index (κ1) is 47.4. The van der Waals surface area contributed by atoms with Crippen molar-refractivity contribution in [2.24, 2.45) is 11.8 Å². The second kappa shape index (κ2) is 20.4. The second-order valence-corrected chi connectivity index (χ2v) is 19.1. The molecule has 2 aromatic carbocycles. The van der Waals surface area contributed by atoms with Crippen LogP contribution in [0.2, 0.25) is 0 Å². The third-order valence-electron chi connectivity index (χ3n) is 13.8. The van der Waals surface area contributed by atoms with Crippen molar-refractivity contribution in [2.45, 2.75) is 153 Å². The Morgan fingerprint density at radius 3 is 1.65 bits per heavy atom. The van der Waals surface area contributed by atoms with E-state index < -0.39 is 41.4 Å². The third kappa shape index (κ3) is 11.9. The highest BCUT2D eigenvalue weighted by atomic mass is 19.1. The van der Waals surface area contributed by atoms with Gasteiger partial charge in [0.05, 0.1) is 57.8 Å². The van der Waals surface area contributed by atoms with Crippen molar-refractivity contribution >= 4 is 24.1 Å². The summed E-state index contributed by atoms with van der Waals surface area (Å²) in [7, 11) is 3.32. The maximum Gasteiger partial charge on any atom is 0.331 e. The van der Waals surface area contributed by atoms with Gasteiger partial charge < -0.3 is 43.4 Å². The number of aliphatic hydroxyl groups excluding tert-OH is 1. The monoisotopic (exact) mass is 908 g/mol. The molecule has 0 aromatic heterocycles. The summed E-state index contributed by atoms with van der Waals surface area (Å²) >= 11 is 0. The molecule has 2 aliphatic carbocycles. The van der Waals surface area contributed by atoms with Crippen molar-refractivity contribution < 1.29 is 64.5 Å². The van der Waals surface area contributed by atoms with E-state index in [0.29, 0.717) is 24.2 Å². The van der Waals surface area contributed by atoms with Crippen LogP contribution in [0.3, 0.4) is 0 Å². The van der Waals surface area contributed by atoms with Gasteiger partial charge in [-0.1, -0.05) is 47.5 Å². The van der Waals surface area contributed by atoms with Gasteiger partial charge in [-0.3, -0.25) is 0 Å². The molecule has 6 fully saturated rings. The van der Waals surface area contributed by atoms with Gasteiger partial charge in [0, 0.05) is 26.4 Å². The van der Waals surface area contributed by atoms with Crippen molar-refractivity contribution in [3.63, 3.8) is 0 Å². The Bertz CT molecular complexity index is 2220. The van der Waals surface area contributed by atoms with Gasteiger partial charge >= 0.3 is 11.9 Å². The molecule has 11 nitrogen and oxygen atoms in total. The molecule has 2 spiro atoms. The Morgan fingerprint density at radius 2 is 1.23 bits per heavy atom. The van der Waals surface area contributed by atoms with Crippen molar-refractivity contribution in [1.29, 1.82) is 0 Å². The summed E-state index contributed by atoms with van der Waals surface area (Å²) in [5.74, 6) is -2.51. The van der Waals surface area contributed by atoms with Crippen molar-refractivity contribution in [2.75, 3.05) is 27.4 Å². The van der Waals surface area contributed by atoms with Crippen LogP contribution in [-0.2, 0) is 42.7 Å². The standard InChI is InChI=1S/C26H33FO5.C16H26O4.C10H9FO2/c1-16(2)6-10-21-25(4,32-21)24-23(29-5)20(12-13-26(24)15-30-26)31-22(28)11-9-18-8-7-17(3)19(27)14-18;1-10(2)5-6-12-15(3,20-12)14-13(18-4)11(17)7-8-16(14)9-19-16;1-7-2-3-8(6-9(7)11)4-5-10(12)13/h6-9,11,14,20-21,23-24H,10,12-13,15H2,1-5H3;5,11-14,17H,6-9H2,1-4H3;2-6H,1H3,(H,12,13)/b11-9+;;5-4+/t20-,21-,23-,24-,25+,26+;11-,12-,13-,14-,15+,16+;/m11./s1/i7D;;2D. The average molecular weight is 909 g/mol. The molecule has 8 rings (SSSR count). The number of carboxylic acids is 1. The van der Waals surface area contributed by atoms with Gasteiger partial charge in [0.15, 0.2) is 0 Å². The number of aliphatic carboxylic acids is 1. The number of carbonyl (C=O) groups excluding carboxylic acids is 1. The maximum absolute atomic E-state index is 13.9. The molecule has 0 unspecified atom stereocenters. The van der Waals surface area contributed by atoms with E-state index in [1.165, 1.54) is 60.6 Å². The summed E-state index contributed by atoms with van der Waals surface area (Å²) < 4.78 is 83.3. The molecule has 4 heterocycles. The van der Waals surface area contributed by atoms with Crippen LogP contribution in [-0.4, -0.2) is 109 Å². The number of rotatable bonds is 13. The number of hydrogen-bond donors (Lipinski definition) is 2. The van der Waals surface area contributed by atoms with Crippen LogP contribution < -0.4 is 0 Å². The minimum absolute atomic E-state index is 0.0434. The predicted molar refractivity (Wildman–Crippen MR) is 243 cm³/mol. The number of carbonyl (C=O) groups is 2. The number of ether oxygens (including phenoxy) is 7. The molecule has 13 heteroatoms. The van der Waals surface area contributed by atoms with Crippen molar-refractivity contribution in [3.05, 3.63) is 106 Å². The molecule has 4 aliphatic heterocycles. The van der Waals surface area contributed by atoms with E-state index in [2.05, 4.69) is 53.7 Å². The minimum atomic E-state index is -1.10. The smallest absolute Gasteiger partial charge is 0.331 e. The third-order valence-corrected chi connectivity index (χ3v) is 13.8. The zero-order valence-electron chi connectivity index (χ0n) is 41.4. The largest absolute Gasteiger partial charge is 0.478 e. The van der Waals surface area contributed by atoms with Crippen LogP contribution >= 0.6 is 0 Å². The highest BCUT2D eigenvalue weighted by Gasteiger charge is 2.73. The van der Waals surface area contributed by atoms with Gasteiger partial charge in [-0.15, -0.1) is 0 Å². The van der Waals surface area contributed by atoms with Crippen LogP contribution in [0.5, 0.6) is 0 Å². The molecule has 65 heavy (non-hydrogen) atoms. The Kier molecular flexibility index (Phi) is 14.9. The normalized spacial score (nSPS) is 35.5. The summed E-state index contributed by atoms with van der Waals surface area (Å²) in [6, 6.07) is 5.59. The number of allylic oxidation sites excluding steroid dienone is 2. The maximum atomic E-state index is 13.9. The quantitative estimate of drug-likeness (QED) is 0.0857. The molecule has 0 radical (unpaired) electrons. The van der Waals surface area contributed by atoms with Gasteiger partial charge in [0.1, 0.15) is 40.6 Å². The Labute approximate surface area is 385 Å². The van der Waals surface area contributed by atoms with Gasteiger partial charge in [0.25, 0.3) is 0 Å². The number of carboxylic acid groups (broad SMARTS) is 1. The van der Waals surface area contributed by atoms with Crippen molar-refractivity contribution in [3.8, 4) is 0 Å². The lowest BCUT2D eigenvalue weighted by Gasteiger charge is -2.42. The lowest BCUT2D eigenvalue weighted by molar-refractivity contribution is -0.166. The van der Waals surface area contributed by atoms with Gasteiger partial charge in [0.2, 0.25) is 0 Å². The fourth-order valence-electron chi connectivity index (χ4n) is 9.86. The molecule has 356 valence electrons. The molecule has 2 saturated carbocycles. The summed E-state index contributed by atoms with van der Waals surface area (Å²) in [6.07, 6.45) is 13.1. The van der Waals surface area contributed by atoms with Gasteiger partial charge in [-0.05, 0) is 140 Å². The summed E-state index contributed by atoms with van der Waals surface area (Å²) in [4.78, 5) is 22.8. The van der Waals surface area contributed by atoms with Crippen LogP contribution in [0.15, 0.2) is 71.8 Å². The van der Waals surface area contributed by atoms with Gasteiger partial charge in [-0.2, -0.15) is 0 Å². The van der Waals surface area contributed by atoms with Crippen LogP contribution in [0, 0.1) is 37.3 Å². The number of halogens is 2. The lowest BCUT2D eigenvalue weighted by Crippen LogP contribution is -2.55. The van der Waals surface area contributed by atoms with Gasteiger partial charge in [-0.25, -0.2) is 18.4 Å². The molecule has 0 amide bonds. The molecule has 12 atom stereocenters. The zero-order valence-corrected chi connectivity index (χ0v) is 39.4.